The van der Waals surface area contributed by atoms with Gasteiger partial charge in [-0.05, 0) is 50.1 Å². The van der Waals surface area contributed by atoms with E-state index in [0.717, 1.165) is 9.09 Å². The lowest BCUT2D eigenvalue weighted by atomic mass is 10.2. The minimum Gasteiger partial charge on any atom is -0.465 e. The standard InChI is InChI=1S/C26H29IN4O3Si/c1-26(2,3)35(20-11-6-4-7-12-20,21-13-8-5-9-14-21)34-18-19(17-29-25(32)33)31-24-22(23(27)30-31)15-10-16-28-24/h4-16,19,29H,17-18H2,1-3H3,(H,32,33). The van der Waals surface area contributed by atoms with E-state index in [4.69, 9.17) is 9.52 Å². The lowest BCUT2D eigenvalue weighted by molar-refractivity contribution is 0.185. The van der Waals surface area contributed by atoms with Crippen molar-refractivity contribution in [3.05, 3.63) is 82.7 Å². The van der Waals surface area contributed by atoms with Gasteiger partial charge in [0.25, 0.3) is 8.32 Å². The summed E-state index contributed by atoms with van der Waals surface area (Å²) in [4.78, 5) is 16.0. The fourth-order valence-electron chi connectivity index (χ4n) is 4.59. The van der Waals surface area contributed by atoms with Crippen LogP contribution in [0.5, 0.6) is 0 Å². The molecule has 0 aliphatic carbocycles. The fourth-order valence-corrected chi connectivity index (χ4v) is 9.85. The zero-order chi connectivity index (χ0) is 25.1. The summed E-state index contributed by atoms with van der Waals surface area (Å²) in [6, 6.07) is 24.2. The molecule has 2 heterocycles. The third kappa shape index (κ3) is 5.12. The summed E-state index contributed by atoms with van der Waals surface area (Å²) in [5.41, 5.74) is 0.708. The number of halogens is 1. The van der Waals surface area contributed by atoms with Gasteiger partial charge in [0.1, 0.15) is 3.70 Å². The molecule has 7 nitrogen and oxygen atoms in total. The van der Waals surface area contributed by atoms with Crippen LogP contribution in [0.1, 0.15) is 26.8 Å². The SMILES string of the molecule is CC(C)(C)[Si](OCC(CNC(=O)O)n1nc(I)c2cccnc21)(c1ccccc1)c1ccccc1. The molecule has 0 aliphatic heterocycles. The largest absolute Gasteiger partial charge is 0.465 e. The average Bonchev–Trinajstić information content (AvgIpc) is 3.18. The number of nitrogens with zero attached hydrogens (tertiary/aromatic N) is 3. The maximum Gasteiger partial charge on any atom is 0.404 e. The normalized spacial score (nSPS) is 13.0. The Kier molecular flexibility index (Phi) is 7.58. The highest BCUT2D eigenvalue weighted by atomic mass is 127. The topological polar surface area (TPSA) is 89.3 Å². The van der Waals surface area contributed by atoms with Crippen molar-refractivity contribution in [3.8, 4) is 0 Å². The summed E-state index contributed by atoms with van der Waals surface area (Å²) in [6.45, 7) is 7.08. The molecule has 0 aliphatic rings. The molecular formula is C26H29IN4O3Si. The van der Waals surface area contributed by atoms with Crippen LogP contribution < -0.4 is 15.7 Å². The van der Waals surface area contributed by atoms with E-state index in [-0.39, 0.29) is 24.2 Å². The first kappa shape index (κ1) is 25.3. The van der Waals surface area contributed by atoms with Crippen molar-refractivity contribution >= 4 is 58.4 Å². The highest BCUT2D eigenvalue weighted by molar-refractivity contribution is 14.1. The molecule has 0 fully saturated rings. The second-order valence-electron chi connectivity index (χ2n) is 9.42. The molecule has 1 atom stereocenters. The molecule has 0 radical (unpaired) electrons. The van der Waals surface area contributed by atoms with E-state index in [1.54, 1.807) is 10.9 Å². The van der Waals surface area contributed by atoms with Crippen LogP contribution in [0.25, 0.3) is 11.0 Å². The summed E-state index contributed by atoms with van der Waals surface area (Å²) in [5.74, 6) is 0. The summed E-state index contributed by atoms with van der Waals surface area (Å²) in [5, 5.41) is 19.7. The quantitative estimate of drug-likeness (QED) is 0.231. The van der Waals surface area contributed by atoms with E-state index in [9.17, 15) is 9.90 Å². The van der Waals surface area contributed by atoms with Crippen molar-refractivity contribution in [1.82, 2.24) is 20.1 Å². The zero-order valence-corrected chi connectivity index (χ0v) is 23.1. The molecule has 182 valence electrons. The highest BCUT2D eigenvalue weighted by Crippen LogP contribution is 2.37. The summed E-state index contributed by atoms with van der Waals surface area (Å²) >= 11 is 2.19. The van der Waals surface area contributed by atoms with Crippen LogP contribution in [0.2, 0.25) is 5.04 Å². The molecule has 35 heavy (non-hydrogen) atoms. The Hall–Kier alpha value is -2.76. The van der Waals surface area contributed by atoms with Gasteiger partial charge in [0.15, 0.2) is 5.65 Å². The van der Waals surface area contributed by atoms with E-state index in [0.29, 0.717) is 5.65 Å². The number of carboxylic acid groups (broad SMARTS) is 1. The van der Waals surface area contributed by atoms with Gasteiger partial charge in [-0.2, -0.15) is 5.10 Å². The number of nitrogens with one attached hydrogen (secondary N) is 1. The summed E-state index contributed by atoms with van der Waals surface area (Å²) < 4.78 is 9.70. The molecule has 4 rings (SSSR count). The predicted octanol–water partition coefficient (Wildman–Crippen LogP) is 4.42. The van der Waals surface area contributed by atoms with Crippen molar-refractivity contribution in [2.24, 2.45) is 0 Å². The molecule has 2 aromatic heterocycles. The number of hydrogen-bond acceptors (Lipinski definition) is 4. The number of aromatic nitrogens is 3. The van der Waals surface area contributed by atoms with Gasteiger partial charge < -0.3 is 14.8 Å². The number of benzene rings is 2. The Morgan fingerprint density at radius 2 is 1.66 bits per heavy atom. The van der Waals surface area contributed by atoms with Gasteiger partial charge in [-0.15, -0.1) is 0 Å². The fraction of sp³-hybridized carbons (Fsp3) is 0.269. The van der Waals surface area contributed by atoms with E-state index in [1.807, 2.05) is 48.5 Å². The van der Waals surface area contributed by atoms with E-state index in [1.165, 1.54) is 10.4 Å². The summed E-state index contributed by atoms with van der Waals surface area (Å²) in [7, 11) is -2.80. The smallest absolute Gasteiger partial charge is 0.404 e. The monoisotopic (exact) mass is 600 g/mol. The number of hydrogen-bond donors (Lipinski definition) is 2. The molecule has 2 aromatic carbocycles. The number of rotatable bonds is 8. The van der Waals surface area contributed by atoms with Crippen molar-refractivity contribution in [1.29, 1.82) is 0 Å². The molecular weight excluding hydrogens is 571 g/mol. The lowest BCUT2D eigenvalue weighted by Gasteiger charge is -2.43. The maximum atomic E-state index is 11.4. The summed E-state index contributed by atoms with van der Waals surface area (Å²) in [6.07, 6.45) is 0.640. The van der Waals surface area contributed by atoms with E-state index >= 15 is 0 Å². The highest BCUT2D eigenvalue weighted by Gasteiger charge is 2.50. The van der Waals surface area contributed by atoms with Crippen LogP contribution in [0.4, 0.5) is 4.79 Å². The van der Waals surface area contributed by atoms with Crippen LogP contribution in [0.3, 0.4) is 0 Å². The molecule has 0 saturated carbocycles. The lowest BCUT2D eigenvalue weighted by Crippen LogP contribution is -2.67. The van der Waals surface area contributed by atoms with Gasteiger partial charge in [0, 0.05) is 12.7 Å². The van der Waals surface area contributed by atoms with Gasteiger partial charge in [0.2, 0.25) is 0 Å². The van der Waals surface area contributed by atoms with E-state index < -0.39 is 14.4 Å². The molecule has 0 spiro atoms. The van der Waals surface area contributed by atoms with Crippen LogP contribution in [-0.2, 0) is 4.43 Å². The van der Waals surface area contributed by atoms with Crippen molar-refractivity contribution in [2.75, 3.05) is 13.2 Å². The first-order valence-electron chi connectivity index (χ1n) is 11.4. The maximum absolute atomic E-state index is 11.4. The molecule has 1 unspecified atom stereocenters. The van der Waals surface area contributed by atoms with Crippen molar-refractivity contribution in [3.63, 3.8) is 0 Å². The van der Waals surface area contributed by atoms with Crippen molar-refractivity contribution in [2.45, 2.75) is 31.9 Å². The van der Waals surface area contributed by atoms with Crippen LogP contribution >= 0.6 is 22.6 Å². The first-order chi connectivity index (χ1) is 16.7. The van der Waals surface area contributed by atoms with Gasteiger partial charge >= 0.3 is 6.09 Å². The Morgan fingerprint density at radius 1 is 1.06 bits per heavy atom. The molecule has 4 aromatic rings. The van der Waals surface area contributed by atoms with Crippen LogP contribution in [0, 0.1) is 3.70 Å². The minimum absolute atomic E-state index is 0.150. The minimum atomic E-state index is -2.80. The van der Waals surface area contributed by atoms with E-state index in [2.05, 4.69) is 77.9 Å². The third-order valence-electron chi connectivity index (χ3n) is 6.17. The number of pyridine rings is 1. The van der Waals surface area contributed by atoms with Crippen LogP contribution in [-0.4, -0.2) is 47.4 Å². The second kappa shape index (κ2) is 10.5. The van der Waals surface area contributed by atoms with Crippen LogP contribution in [0.15, 0.2) is 79.0 Å². The Balaban J connectivity index is 1.81. The second-order valence-corrected chi connectivity index (χ2v) is 14.8. The Bertz CT molecular complexity index is 1250. The zero-order valence-electron chi connectivity index (χ0n) is 20.0. The number of carbonyl (C=O) groups is 1. The Morgan fingerprint density at radius 3 is 2.20 bits per heavy atom. The van der Waals surface area contributed by atoms with Gasteiger partial charge in [0.05, 0.1) is 18.0 Å². The average molecular weight is 601 g/mol. The molecule has 0 bridgehead atoms. The molecule has 2 N–H and O–H groups in total. The predicted molar refractivity (Wildman–Crippen MR) is 149 cm³/mol. The molecule has 1 amide bonds. The van der Waals surface area contributed by atoms with Gasteiger partial charge in [-0.25, -0.2) is 14.5 Å². The Labute approximate surface area is 219 Å². The van der Waals surface area contributed by atoms with Gasteiger partial charge in [-0.3, -0.25) is 0 Å². The third-order valence-corrected chi connectivity index (χ3v) is 12.0. The molecule has 9 heteroatoms. The van der Waals surface area contributed by atoms with Crippen molar-refractivity contribution < 1.29 is 14.3 Å². The number of amides is 1. The van der Waals surface area contributed by atoms with Gasteiger partial charge in [-0.1, -0.05) is 81.4 Å². The number of fused-ring (bicyclic) bond motifs is 1. The first-order valence-corrected chi connectivity index (χ1v) is 14.4. The molecule has 0 saturated heterocycles.